The molecule has 0 fully saturated rings. The summed E-state index contributed by atoms with van der Waals surface area (Å²) >= 11 is 6.24. The van der Waals surface area contributed by atoms with Crippen LogP contribution in [0.25, 0.3) is 0 Å². The Balaban J connectivity index is 2.06. The van der Waals surface area contributed by atoms with Crippen molar-refractivity contribution in [3.05, 3.63) is 41.2 Å². The van der Waals surface area contributed by atoms with E-state index in [1.165, 1.54) is 0 Å². The minimum Gasteiger partial charge on any atom is -0.454 e. The van der Waals surface area contributed by atoms with Crippen LogP contribution in [0.3, 0.4) is 0 Å². The molecule has 19 heavy (non-hydrogen) atoms. The van der Waals surface area contributed by atoms with E-state index in [-0.39, 0.29) is 0 Å². The van der Waals surface area contributed by atoms with Crippen LogP contribution in [0.5, 0.6) is 11.5 Å². The van der Waals surface area contributed by atoms with Gasteiger partial charge in [0.1, 0.15) is 5.75 Å². The van der Waals surface area contributed by atoms with E-state index in [2.05, 4.69) is 24.3 Å². The van der Waals surface area contributed by atoms with E-state index in [4.69, 9.17) is 16.3 Å². The number of aryl methyl sites for hydroxylation is 1. The maximum atomic E-state index is 6.24. The number of ether oxygens (including phenoxy) is 1. The number of nitrogens with one attached hydrogen (secondary N) is 1. The van der Waals surface area contributed by atoms with Gasteiger partial charge in [0.05, 0.1) is 12.4 Å². The third-order valence-corrected chi connectivity index (χ3v) is 2.99. The minimum atomic E-state index is 0.433. The number of rotatable bonds is 5. The SMILES string of the molecule is CC(C)NCc1ccc(Oc2cnn(C)c2)cc1Cl. The van der Waals surface area contributed by atoms with Gasteiger partial charge in [-0.15, -0.1) is 0 Å². The first-order valence-corrected chi connectivity index (χ1v) is 6.60. The van der Waals surface area contributed by atoms with Crippen LogP contribution in [0.1, 0.15) is 19.4 Å². The summed E-state index contributed by atoms with van der Waals surface area (Å²) in [5, 5.41) is 8.09. The standard InChI is InChI=1S/C14H18ClN3O/c1-10(2)16-7-11-4-5-12(6-14(11)15)19-13-8-17-18(3)9-13/h4-6,8-10,16H,7H2,1-3H3. The number of halogens is 1. The first-order chi connectivity index (χ1) is 9.04. The van der Waals surface area contributed by atoms with Crippen molar-refractivity contribution in [1.82, 2.24) is 15.1 Å². The van der Waals surface area contributed by atoms with Gasteiger partial charge in [0, 0.05) is 24.7 Å². The Hall–Kier alpha value is -1.52. The topological polar surface area (TPSA) is 39.1 Å². The fraction of sp³-hybridized carbons (Fsp3) is 0.357. The molecule has 4 nitrogen and oxygen atoms in total. The summed E-state index contributed by atoms with van der Waals surface area (Å²) in [6.07, 6.45) is 3.48. The minimum absolute atomic E-state index is 0.433. The van der Waals surface area contributed by atoms with Crippen molar-refractivity contribution in [3.8, 4) is 11.5 Å². The van der Waals surface area contributed by atoms with Crippen LogP contribution in [-0.2, 0) is 13.6 Å². The van der Waals surface area contributed by atoms with Crippen LogP contribution >= 0.6 is 11.6 Å². The Morgan fingerprint density at radius 2 is 2.16 bits per heavy atom. The van der Waals surface area contributed by atoms with Crippen molar-refractivity contribution < 1.29 is 4.74 Å². The van der Waals surface area contributed by atoms with Gasteiger partial charge in [0.15, 0.2) is 5.75 Å². The highest BCUT2D eigenvalue weighted by Crippen LogP contribution is 2.26. The molecule has 102 valence electrons. The predicted molar refractivity (Wildman–Crippen MR) is 76.7 cm³/mol. The number of benzene rings is 1. The van der Waals surface area contributed by atoms with Gasteiger partial charge in [-0.1, -0.05) is 31.5 Å². The van der Waals surface area contributed by atoms with Gasteiger partial charge < -0.3 is 10.1 Å². The van der Waals surface area contributed by atoms with Crippen LogP contribution in [0.15, 0.2) is 30.6 Å². The molecule has 0 saturated heterocycles. The van der Waals surface area contributed by atoms with E-state index < -0.39 is 0 Å². The summed E-state index contributed by atoms with van der Waals surface area (Å²) in [4.78, 5) is 0. The zero-order valence-electron chi connectivity index (χ0n) is 11.4. The van der Waals surface area contributed by atoms with Crippen LogP contribution in [0, 0.1) is 0 Å². The molecule has 1 heterocycles. The van der Waals surface area contributed by atoms with E-state index in [0.717, 1.165) is 12.1 Å². The van der Waals surface area contributed by atoms with Gasteiger partial charge in [-0.25, -0.2) is 0 Å². The second kappa shape index (κ2) is 6.08. The van der Waals surface area contributed by atoms with Crippen molar-refractivity contribution in [2.75, 3.05) is 0 Å². The molecule has 0 aliphatic rings. The zero-order valence-corrected chi connectivity index (χ0v) is 12.1. The Morgan fingerprint density at radius 1 is 1.37 bits per heavy atom. The predicted octanol–water partition coefficient (Wildman–Crippen LogP) is 3.36. The Morgan fingerprint density at radius 3 is 2.74 bits per heavy atom. The molecule has 0 aliphatic heterocycles. The molecule has 0 radical (unpaired) electrons. The highest BCUT2D eigenvalue weighted by Gasteiger charge is 2.05. The number of hydrogen-bond donors (Lipinski definition) is 1. The van der Waals surface area contributed by atoms with E-state index in [0.29, 0.717) is 22.6 Å². The van der Waals surface area contributed by atoms with Crippen LogP contribution < -0.4 is 10.1 Å². The molecule has 0 spiro atoms. The molecule has 0 unspecified atom stereocenters. The summed E-state index contributed by atoms with van der Waals surface area (Å²) in [6, 6.07) is 6.15. The van der Waals surface area contributed by atoms with Crippen molar-refractivity contribution >= 4 is 11.6 Å². The molecule has 2 aromatic rings. The molecule has 1 aromatic carbocycles. The van der Waals surface area contributed by atoms with Gasteiger partial charge in [-0.05, 0) is 17.7 Å². The average molecular weight is 280 g/mol. The Labute approximate surface area is 118 Å². The first kappa shape index (κ1) is 13.9. The molecular weight excluding hydrogens is 262 g/mol. The smallest absolute Gasteiger partial charge is 0.165 e. The lowest BCUT2D eigenvalue weighted by molar-refractivity contribution is 0.481. The summed E-state index contributed by atoms with van der Waals surface area (Å²) in [6.45, 7) is 4.96. The van der Waals surface area contributed by atoms with Crippen LogP contribution in [0.4, 0.5) is 0 Å². The van der Waals surface area contributed by atoms with Crippen molar-refractivity contribution in [2.45, 2.75) is 26.4 Å². The first-order valence-electron chi connectivity index (χ1n) is 6.23. The fourth-order valence-electron chi connectivity index (χ4n) is 1.64. The van der Waals surface area contributed by atoms with Gasteiger partial charge in [-0.2, -0.15) is 5.10 Å². The highest BCUT2D eigenvalue weighted by molar-refractivity contribution is 6.31. The van der Waals surface area contributed by atoms with E-state index in [1.54, 1.807) is 10.9 Å². The number of nitrogens with zero attached hydrogens (tertiary/aromatic N) is 2. The molecule has 0 aliphatic carbocycles. The number of aromatic nitrogens is 2. The second-order valence-electron chi connectivity index (χ2n) is 4.74. The van der Waals surface area contributed by atoms with Crippen molar-refractivity contribution in [3.63, 3.8) is 0 Å². The summed E-state index contributed by atoms with van der Waals surface area (Å²) in [5.74, 6) is 1.41. The van der Waals surface area contributed by atoms with Crippen LogP contribution in [0.2, 0.25) is 5.02 Å². The summed E-state index contributed by atoms with van der Waals surface area (Å²) < 4.78 is 7.36. The van der Waals surface area contributed by atoms with Gasteiger partial charge in [0.25, 0.3) is 0 Å². The van der Waals surface area contributed by atoms with Gasteiger partial charge >= 0.3 is 0 Å². The molecule has 1 N–H and O–H groups in total. The molecule has 2 rings (SSSR count). The Kier molecular flexibility index (Phi) is 4.45. The summed E-state index contributed by atoms with van der Waals surface area (Å²) in [7, 11) is 1.85. The average Bonchev–Trinajstić information content (AvgIpc) is 2.73. The zero-order chi connectivity index (χ0) is 13.8. The van der Waals surface area contributed by atoms with E-state index in [9.17, 15) is 0 Å². The van der Waals surface area contributed by atoms with Crippen molar-refractivity contribution in [2.24, 2.45) is 7.05 Å². The molecule has 0 atom stereocenters. The maximum absolute atomic E-state index is 6.24. The fourth-order valence-corrected chi connectivity index (χ4v) is 1.87. The van der Waals surface area contributed by atoms with Crippen molar-refractivity contribution in [1.29, 1.82) is 0 Å². The van der Waals surface area contributed by atoms with Gasteiger partial charge in [0.2, 0.25) is 0 Å². The molecule has 0 saturated carbocycles. The number of hydrogen-bond acceptors (Lipinski definition) is 3. The highest BCUT2D eigenvalue weighted by atomic mass is 35.5. The lowest BCUT2D eigenvalue weighted by Gasteiger charge is -2.10. The third kappa shape index (κ3) is 3.98. The largest absolute Gasteiger partial charge is 0.454 e. The molecule has 1 aromatic heterocycles. The van der Waals surface area contributed by atoms with E-state index in [1.807, 2.05) is 31.4 Å². The lowest BCUT2D eigenvalue weighted by Crippen LogP contribution is -2.21. The maximum Gasteiger partial charge on any atom is 0.165 e. The lowest BCUT2D eigenvalue weighted by atomic mass is 10.2. The van der Waals surface area contributed by atoms with Gasteiger partial charge in [-0.3, -0.25) is 4.68 Å². The molecule has 0 bridgehead atoms. The quantitative estimate of drug-likeness (QED) is 0.912. The molecular formula is C14H18ClN3O. The third-order valence-electron chi connectivity index (χ3n) is 2.64. The normalized spacial score (nSPS) is 11.0. The second-order valence-corrected chi connectivity index (χ2v) is 5.15. The molecule has 0 amide bonds. The van der Waals surface area contributed by atoms with E-state index >= 15 is 0 Å². The Bertz CT molecular complexity index is 551. The monoisotopic (exact) mass is 279 g/mol. The van der Waals surface area contributed by atoms with Crippen LogP contribution in [-0.4, -0.2) is 15.8 Å². The molecule has 5 heteroatoms. The summed E-state index contributed by atoms with van der Waals surface area (Å²) in [5.41, 5.74) is 1.06.